The highest BCUT2D eigenvalue weighted by molar-refractivity contribution is 6.31. The largest absolute Gasteiger partial charge is 0.480 e. The molecule has 0 aliphatic heterocycles. The zero-order valence-electron chi connectivity index (χ0n) is 11.7. The number of carbonyl (C=O) groups excluding carboxylic acids is 1. The van der Waals surface area contributed by atoms with Crippen molar-refractivity contribution in [1.29, 1.82) is 0 Å². The van der Waals surface area contributed by atoms with Gasteiger partial charge in [0, 0.05) is 0 Å². The number of carboxylic acids is 1. The van der Waals surface area contributed by atoms with Crippen LogP contribution in [0, 0.1) is 19.8 Å². The van der Waals surface area contributed by atoms with E-state index in [1.807, 2.05) is 0 Å². The Morgan fingerprint density at radius 1 is 1.50 bits per heavy atom. The molecule has 2 N–H and O–H groups in total. The van der Waals surface area contributed by atoms with E-state index in [9.17, 15) is 14.7 Å². The lowest BCUT2D eigenvalue weighted by Gasteiger charge is -2.26. The molecule has 1 fully saturated rings. The molecular weight excluding hydrogens is 282 g/mol. The molecule has 0 aromatic carbocycles. The summed E-state index contributed by atoms with van der Waals surface area (Å²) in [6.45, 7) is 5.05. The predicted molar refractivity (Wildman–Crippen MR) is 73.6 cm³/mol. The second-order valence-electron chi connectivity index (χ2n) is 5.47. The first-order valence-electron chi connectivity index (χ1n) is 6.49. The number of aromatic nitrogens is 2. The van der Waals surface area contributed by atoms with Crippen LogP contribution in [0.2, 0.25) is 5.02 Å². The molecule has 0 unspecified atom stereocenters. The molecule has 0 radical (unpaired) electrons. The van der Waals surface area contributed by atoms with Crippen molar-refractivity contribution >= 4 is 23.5 Å². The third-order valence-corrected chi connectivity index (χ3v) is 4.37. The van der Waals surface area contributed by atoms with Crippen molar-refractivity contribution in [3.63, 3.8) is 0 Å². The van der Waals surface area contributed by atoms with Crippen LogP contribution in [0.25, 0.3) is 0 Å². The van der Waals surface area contributed by atoms with E-state index < -0.39 is 11.5 Å². The number of aliphatic carboxylic acids is 1. The fourth-order valence-corrected chi connectivity index (χ4v) is 2.42. The Hall–Kier alpha value is -1.56. The van der Waals surface area contributed by atoms with Gasteiger partial charge in [-0.25, -0.2) is 4.79 Å². The molecule has 2 rings (SSSR count). The number of amides is 1. The van der Waals surface area contributed by atoms with Gasteiger partial charge in [0.1, 0.15) is 12.1 Å². The maximum Gasteiger partial charge on any atom is 0.329 e. The molecule has 6 nitrogen and oxygen atoms in total. The van der Waals surface area contributed by atoms with Crippen molar-refractivity contribution in [3.05, 3.63) is 16.4 Å². The first kappa shape index (κ1) is 14.8. The lowest BCUT2D eigenvalue weighted by atomic mass is 9.96. The van der Waals surface area contributed by atoms with Gasteiger partial charge in [-0.1, -0.05) is 11.6 Å². The second-order valence-corrected chi connectivity index (χ2v) is 5.85. The van der Waals surface area contributed by atoms with Crippen molar-refractivity contribution in [1.82, 2.24) is 15.1 Å². The minimum absolute atomic E-state index is 0.00740. The molecule has 1 atom stereocenters. The SMILES string of the molecule is Cc1nn(CC(=O)N[C@](C)(C(=O)O)C2CC2)c(C)c1Cl. The summed E-state index contributed by atoms with van der Waals surface area (Å²) in [5, 5.41) is 16.6. The predicted octanol–water partition coefficient (Wildman–Crippen LogP) is 1.52. The molecule has 1 aliphatic rings. The van der Waals surface area contributed by atoms with E-state index in [4.69, 9.17) is 11.6 Å². The topological polar surface area (TPSA) is 84.2 Å². The van der Waals surface area contributed by atoms with Gasteiger partial charge in [0.2, 0.25) is 5.91 Å². The summed E-state index contributed by atoms with van der Waals surface area (Å²) < 4.78 is 1.49. The lowest BCUT2D eigenvalue weighted by molar-refractivity contribution is -0.148. The molecule has 0 spiro atoms. The zero-order chi connectivity index (χ0) is 15.1. The molecule has 1 aromatic rings. The van der Waals surface area contributed by atoms with Crippen LogP contribution in [-0.4, -0.2) is 32.3 Å². The highest BCUT2D eigenvalue weighted by Crippen LogP contribution is 2.39. The first-order chi connectivity index (χ1) is 9.25. The average Bonchev–Trinajstić information content (AvgIpc) is 3.16. The Bertz CT molecular complexity index is 565. The van der Waals surface area contributed by atoms with E-state index >= 15 is 0 Å². The lowest BCUT2D eigenvalue weighted by Crippen LogP contribution is -2.54. The third-order valence-electron chi connectivity index (χ3n) is 3.82. The molecule has 20 heavy (non-hydrogen) atoms. The molecule has 0 bridgehead atoms. The second kappa shape index (κ2) is 5.09. The molecule has 110 valence electrons. The van der Waals surface area contributed by atoms with Gasteiger partial charge in [-0.15, -0.1) is 0 Å². The Morgan fingerprint density at radius 3 is 2.50 bits per heavy atom. The normalized spacial score (nSPS) is 17.6. The van der Waals surface area contributed by atoms with Gasteiger partial charge in [0.25, 0.3) is 0 Å². The Balaban J connectivity index is 2.08. The Labute approximate surface area is 122 Å². The standard InChI is InChI=1S/C13H18ClN3O3/c1-7-11(14)8(2)17(16-7)6-10(18)15-13(3,12(19)20)9-4-5-9/h9H,4-6H2,1-3H3,(H,15,18)(H,19,20)/t13-/m0/s1. The average molecular weight is 300 g/mol. The summed E-state index contributed by atoms with van der Waals surface area (Å²) in [5.74, 6) is -1.36. The maximum absolute atomic E-state index is 12.1. The van der Waals surface area contributed by atoms with Crippen LogP contribution < -0.4 is 5.32 Å². The van der Waals surface area contributed by atoms with E-state index in [1.54, 1.807) is 20.8 Å². The van der Waals surface area contributed by atoms with Crippen LogP contribution in [0.5, 0.6) is 0 Å². The molecule has 1 heterocycles. The zero-order valence-corrected chi connectivity index (χ0v) is 12.5. The third kappa shape index (κ3) is 2.65. The minimum atomic E-state index is -1.20. The van der Waals surface area contributed by atoms with Gasteiger partial charge in [-0.3, -0.25) is 9.48 Å². The number of halogens is 1. The number of nitrogens with zero attached hydrogens (tertiary/aromatic N) is 2. The number of hydrogen-bond acceptors (Lipinski definition) is 3. The van der Waals surface area contributed by atoms with E-state index in [0.717, 1.165) is 12.8 Å². The smallest absolute Gasteiger partial charge is 0.329 e. The highest BCUT2D eigenvalue weighted by atomic mass is 35.5. The molecule has 1 saturated carbocycles. The van der Waals surface area contributed by atoms with Crippen molar-refractivity contribution in [2.45, 2.75) is 45.7 Å². The molecule has 1 amide bonds. The summed E-state index contributed by atoms with van der Waals surface area (Å²) in [6, 6.07) is 0. The fourth-order valence-electron chi connectivity index (χ4n) is 2.29. The summed E-state index contributed by atoms with van der Waals surface area (Å²) in [5.41, 5.74) is 0.152. The quantitative estimate of drug-likeness (QED) is 0.863. The molecule has 0 saturated heterocycles. The van der Waals surface area contributed by atoms with Gasteiger partial charge in [-0.2, -0.15) is 5.10 Å². The number of nitrogens with one attached hydrogen (secondary N) is 1. The fraction of sp³-hybridized carbons (Fsp3) is 0.615. The van der Waals surface area contributed by atoms with E-state index in [0.29, 0.717) is 16.4 Å². The van der Waals surface area contributed by atoms with Crippen LogP contribution in [0.4, 0.5) is 0 Å². The van der Waals surface area contributed by atoms with Crippen molar-refractivity contribution < 1.29 is 14.7 Å². The summed E-state index contributed by atoms with van der Waals surface area (Å²) in [4.78, 5) is 23.4. The molecule has 1 aromatic heterocycles. The molecule has 1 aliphatic carbocycles. The van der Waals surface area contributed by atoms with Gasteiger partial charge < -0.3 is 10.4 Å². The van der Waals surface area contributed by atoms with Crippen LogP contribution in [0.15, 0.2) is 0 Å². The van der Waals surface area contributed by atoms with Crippen LogP contribution >= 0.6 is 11.6 Å². The molecule has 7 heteroatoms. The van der Waals surface area contributed by atoms with E-state index in [1.165, 1.54) is 4.68 Å². The van der Waals surface area contributed by atoms with Gasteiger partial charge in [0.05, 0.1) is 16.4 Å². The monoisotopic (exact) mass is 299 g/mol. The van der Waals surface area contributed by atoms with Crippen LogP contribution in [0.1, 0.15) is 31.2 Å². The number of carbonyl (C=O) groups is 2. The van der Waals surface area contributed by atoms with Crippen molar-refractivity contribution in [3.8, 4) is 0 Å². The van der Waals surface area contributed by atoms with E-state index in [-0.39, 0.29) is 18.4 Å². The summed E-state index contributed by atoms with van der Waals surface area (Å²) in [6.07, 6.45) is 1.66. The first-order valence-corrected chi connectivity index (χ1v) is 6.87. The highest BCUT2D eigenvalue weighted by Gasteiger charge is 2.48. The van der Waals surface area contributed by atoms with Gasteiger partial charge in [-0.05, 0) is 39.5 Å². The Kier molecular flexibility index (Phi) is 3.77. The van der Waals surface area contributed by atoms with Crippen molar-refractivity contribution in [2.75, 3.05) is 0 Å². The maximum atomic E-state index is 12.1. The minimum Gasteiger partial charge on any atom is -0.480 e. The Morgan fingerprint density at radius 2 is 2.10 bits per heavy atom. The number of carboxylic acid groups (broad SMARTS) is 1. The number of rotatable bonds is 5. The summed E-state index contributed by atoms with van der Waals surface area (Å²) in [7, 11) is 0. The van der Waals surface area contributed by atoms with Gasteiger partial charge in [0.15, 0.2) is 0 Å². The van der Waals surface area contributed by atoms with Crippen LogP contribution in [-0.2, 0) is 16.1 Å². The van der Waals surface area contributed by atoms with E-state index in [2.05, 4.69) is 10.4 Å². The number of aryl methyl sites for hydroxylation is 1. The van der Waals surface area contributed by atoms with Crippen molar-refractivity contribution in [2.24, 2.45) is 5.92 Å². The van der Waals surface area contributed by atoms with Gasteiger partial charge >= 0.3 is 5.97 Å². The van der Waals surface area contributed by atoms with Crippen LogP contribution in [0.3, 0.4) is 0 Å². The summed E-state index contributed by atoms with van der Waals surface area (Å²) >= 11 is 6.02. The molecular formula is C13H18ClN3O3. The number of hydrogen-bond donors (Lipinski definition) is 2.